The van der Waals surface area contributed by atoms with E-state index in [0.717, 1.165) is 0 Å². The van der Waals surface area contributed by atoms with Gasteiger partial charge in [-0.1, -0.05) is 36.4 Å². The maximum atomic E-state index is 12.7. The van der Waals surface area contributed by atoms with Crippen molar-refractivity contribution in [1.82, 2.24) is 15.2 Å². The van der Waals surface area contributed by atoms with Gasteiger partial charge in [-0.05, 0) is 29.8 Å². The average Bonchev–Trinajstić information content (AvgIpc) is 3.16. The number of hydrogen-bond donors (Lipinski definition) is 2. The molecule has 6 nitrogen and oxygen atoms in total. The van der Waals surface area contributed by atoms with E-state index in [4.69, 9.17) is 0 Å². The smallest absolute Gasteiger partial charge is 0.267 e. The predicted octanol–water partition coefficient (Wildman–Crippen LogP) is 2.72. The Kier molecular flexibility index (Phi) is 5.87. The van der Waals surface area contributed by atoms with Crippen LogP contribution < -0.4 is 10.6 Å². The maximum Gasteiger partial charge on any atom is 0.267 e. The molecule has 0 saturated carbocycles. The first-order valence-corrected chi connectivity index (χ1v) is 8.88. The highest BCUT2D eigenvalue weighted by molar-refractivity contribution is 6.01. The Hall–Kier alpha value is -3.85. The van der Waals surface area contributed by atoms with Gasteiger partial charge in [0.2, 0.25) is 0 Å². The standard InChI is InChI=1S/C22H20N4O2/c1-26-14-6-11-20(26)22(28)25-13-12-24-21(27)19-10-5-4-9-18(19)17-8-3-2-7-16(17)15-23/h2-11,14H,12-13H2,1H3,(H,24,27)(H,25,28). The Morgan fingerprint density at radius 1 is 0.893 bits per heavy atom. The van der Waals surface area contributed by atoms with Crippen LogP contribution in [0.25, 0.3) is 11.1 Å². The van der Waals surface area contributed by atoms with E-state index in [2.05, 4.69) is 16.7 Å². The molecule has 2 N–H and O–H groups in total. The van der Waals surface area contributed by atoms with Crippen LogP contribution in [0.4, 0.5) is 0 Å². The number of amides is 2. The summed E-state index contributed by atoms with van der Waals surface area (Å²) < 4.78 is 1.73. The fourth-order valence-corrected chi connectivity index (χ4v) is 2.97. The summed E-state index contributed by atoms with van der Waals surface area (Å²) in [5, 5.41) is 14.9. The Balaban J connectivity index is 1.65. The van der Waals surface area contributed by atoms with Crippen molar-refractivity contribution < 1.29 is 9.59 Å². The Bertz CT molecular complexity index is 1050. The van der Waals surface area contributed by atoms with Gasteiger partial charge in [0.05, 0.1) is 11.6 Å². The van der Waals surface area contributed by atoms with Crippen molar-refractivity contribution in [3.05, 3.63) is 83.7 Å². The van der Waals surface area contributed by atoms with Gasteiger partial charge < -0.3 is 15.2 Å². The van der Waals surface area contributed by atoms with Crippen molar-refractivity contribution in [3.8, 4) is 17.2 Å². The second-order valence-corrected chi connectivity index (χ2v) is 6.22. The number of carbonyl (C=O) groups excluding carboxylic acids is 2. The van der Waals surface area contributed by atoms with Crippen LogP contribution in [0.1, 0.15) is 26.4 Å². The summed E-state index contributed by atoms with van der Waals surface area (Å²) in [7, 11) is 1.80. The summed E-state index contributed by atoms with van der Waals surface area (Å²) in [6.45, 7) is 0.607. The first-order chi connectivity index (χ1) is 13.6. The normalized spacial score (nSPS) is 10.1. The van der Waals surface area contributed by atoms with Crippen molar-refractivity contribution in [2.45, 2.75) is 0 Å². The van der Waals surface area contributed by atoms with Gasteiger partial charge in [0.15, 0.2) is 0 Å². The van der Waals surface area contributed by atoms with Crippen molar-refractivity contribution in [3.63, 3.8) is 0 Å². The predicted molar refractivity (Wildman–Crippen MR) is 107 cm³/mol. The molecule has 0 radical (unpaired) electrons. The second kappa shape index (κ2) is 8.69. The van der Waals surface area contributed by atoms with Crippen LogP contribution in [0.15, 0.2) is 66.9 Å². The lowest BCUT2D eigenvalue weighted by molar-refractivity contribution is 0.0923. The molecular weight excluding hydrogens is 352 g/mol. The number of hydrogen-bond acceptors (Lipinski definition) is 3. The second-order valence-electron chi connectivity index (χ2n) is 6.22. The van der Waals surface area contributed by atoms with E-state index in [-0.39, 0.29) is 11.8 Å². The lowest BCUT2D eigenvalue weighted by Gasteiger charge is -2.12. The van der Waals surface area contributed by atoms with Crippen LogP contribution in [0, 0.1) is 11.3 Å². The molecule has 140 valence electrons. The number of rotatable bonds is 6. The molecule has 0 fully saturated rings. The third kappa shape index (κ3) is 4.10. The summed E-state index contributed by atoms with van der Waals surface area (Å²) >= 11 is 0. The molecule has 0 aliphatic heterocycles. The van der Waals surface area contributed by atoms with Crippen LogP contribution in [0.3, 0.4) is 0 Å². The molecular formula is C22H20N4O2. The molecule has 0 aliphatic rings. The van der Waals surface area contributed by atoms with Crippen LogP contribution in [-0.2, 0) is 7.05 Å². The average molecular weight is 372 g/mol. The zero-order chi connectivity index (χ0) is 19.9. The quantitative estimate of drug-likeness (QED) is 0.652. The number of nitriles is 1. The van der Waals surface area contributed by atoms with E-state index < -0.39 is 0 Å². The number of aromatic nitrogens is 1. The minimum atomic E-state index is -0.253. The molecule has 3 rings (SSSR count). The molecule has 2 amide bonds. The summed E-state index contributed by atoms with van der Waals surface area (Å²) in [6.07, 6.45) is 1.80. The highest BCUT2D eigenvalue weighted by Crippen LogP contribution is 2.26. The molecule has 1 aromatic heterocycles. The number of nitrogens with one attached hydrogen (secondary N) is 2. The lowest BCUT2D eigenvalue weighted by atomic mass is 9.95. The van der Waals surface area contributed by atoms with Crippen LogP contribution in [0.5, 0.6) is 0 Å². The summed E-state index contributed by atoms with van der Waals surface area (Å²) in [5.41, 5.74) is 2.97. The third-order valence-electron chi connectivity index (χ3n) is 4.38. The fraction of sp³-hybridized carbons (Fsp3) is 0.136. The Morgan fingerprint density at radius 2 is 1.54 bits per heavy atom. The van der Waals surface area contributed by atoms with Crippen LogP contribution >= 0.6 is 0 Å². The molecule has 6 heteroatoms. The van der Waals surface area contributed by atoms with E-state index in [9.17, 15) is 14.9 Å². The molecule has 2 aromatic carbocycles. The van der Waals surface area contributed by atoms with Crippen molar-refractivity contribution in [2.75, 3.05) is 13.1 Å². The molecule has 0 aliphatic carbocycles. The van der Waals surface area contributed by atoms with Gasteiger partial charge in [0, 0.05) is 37.5 Å². The van der Waals surface area contributed by atoms with Gasteiger partial charge in [-0.25, -0.2) is 0 Å². The number of aryl methyl sites for hydroxylation is 1. The van der Waals surface area contributed by atoms with Crippen LogP contribution in [0.2, 0.25) is 0 Å². The summed E-state index contributed by atoms with van der Waals surface area (Å²) in [6, 6.07) is 20.0. The molecule has 0 atom stereocenters. The molecule has 0 spiro atoms. The van der Waals surface area contributed by atoms with Gasteiger partial charge in [-0.2, -0.15) is 5.26 Å². The van der Waals surface area contributed by atoms with Gasteiger partial charge in [-0.15, -0.1) is 0 Å². The van der Waals surface area contributed by atoms with E-state index in [1.165, 1.54) is 0 Å². The van der Waals surface area contributed by atoms with Crippen molar-refractivity contribution >= 4 is 11.8 Å². The molecule has 3 aromatic rings. The Morgan fingerprint density at radius 3 is 2.21 bits per heavy atom. The molecule has 28 heavy (non-hydrogen) atoms. The topological polar surface area (TPSA) is 86.9 Å². The number of nitrogens with zero attached hydrogens (tertiary/aromatic N) is 2. The number of carbonyl (C=O) groups is 2. The molecule has 0 bridgehead atoms. The third-order valence-corrected chi connectivity index (χ3v) is 4.38. The summed E-state index contributed by atoms with van der Waals surface area (Å²) in [4.78, 5) is 24.7. The zero-order valence-corrected chi connectivity index (χ0v) is 15.5. The van der Waals surface area contributed by atoms with E-state index >= 15 is 0 Å². The van der Waals surface area contributed by atoms with Crippen molar-refractivity contribution in [2.24, 2.45) is 7.05 Å². The minimum absolute atomic E-state index is 0.190. The minimum Gasteiger partial charge on any atom is -0.350 e. The van der Waals surface area contributed by atoms with Crippen molar-refractivity contribution in [1.29, 1.82) is 5.26 Å². The highest BCUT2D eigenvalue weighted by Gasteiger charge is 2.14. The van der Waals surface area contributed by atoms with Gasteiger partial charge in [0.25, 0.3) is 11.8 Å². The first kappa shape index (κ1) is 18.9. The van der Waals surface area contributed by atoms with E-state index in [0.29, 0.717) is 41.0 Å². The maximum absolute atomic E-state index is 12.7. The van der Waals surface area contributed by atoms with Crippen LogP contribution in [-0.4, -0.2) is 29.5 Å². The van der Waals surface area contributed by atoms with E-state index in [1.54, 1.807) is 54.2 Å². The number of benzene rings is 2. The fourth-order valence-electron chi connectivity index (χ4n) is 2.97. The zero-order valence-electron chi connectivity index (χ0n) is 15.5. The SMILES string of the molecule is Cn1cccc1C(=O)NCCNC(=O)c1ccccc1-c1ccccc1C#N. The summed E-state index contributed by atoms with van der Waals surface area (Å²) in [5.74, 6) is -0.443. The van der Waals surface area contributed by atoms with E-state index in [1.807, 2.05) is 24.3 Å². The lowest BCUT2D eigenvalue weighted by Crippen LogP contribution is -2.35. The monoisotopic (exact) mass is 372 g/mol. The molecule has 1 heterocycles. The molecule has 0 unspecified atom stereocenters. The molecule has 0 saturated heterocycles. The van der Waals surface area contributed by atoms with Gasteiger partial charge in [0.1, 0.15) is 5.69 Å². The Labute approximate surface area is 163 Å². The largest absolute Gasteiger partial charge is 0.350 e. The highest BCUT2D eigenvalue weighted by atomic mass is 16.2. The first-order valence-electron chi connectivity index (χ1n) is 8.88. The van der Waals surface area contributed by atoms with Gasteiger partial charge in [-0.3, -0.25) is 9.59 Å². The van der Waals surface area contributed by atoms with Gasteiger partial charge >= 0.3 is 0 Å².